The first kappa shape index (κ1) is 14.8. The molecule has 3 N–H and O–H groups in total. The zero-order valence-electron chi connectivity index (χ0n) is 10.9. The number of oxime groups is 1. The number of amidine groups is 1. The lowest BCUT2D eigenvalue weighted by Gasteiger charge is -2.20. The van der Waals surface area contributed by atoms with Crippen molar-refractivity contribution in [3.8, 4) is 0 Å². The van der Waals surface area contributed by atoms with Crippen LogP contribution in [0.25, 0.3) is 0 Å². The first-order valence-electron chi connectivity index (χ1n) is 6.08. The van der Waals surface area contributed by atoms with Gasteiger partial charge in [-0.2, -0.15) is 0 Å². The molecule has 0 saturated heterocycles. The summed E-state index contributed by atoms with van der Waals surface area (Å²) in [7, 11) is 2.07. The highest BCUT2D eigenvalue weighted by molar-refractivity contribution is 9.10. The van der Waals surface area contributed by atoms with Crippen molar-refractivity contribution in [2.45, 2.75) is 26.2 Å². The lowest BCUT2D eigenvalue weighted by molar-refractivity contribution is 0.318. The fourth-order valence-corrected chi connectivity index (χ4v) is 2.30. The molecule has 0 aromatic heterocycles. The fraction of sp³-hybridized carbons (Fsp3) is 0.462. The maximum atomic E-state index is 8.67. The van der Waals surface area contributed by atoms with Crippen LogP contribution in [0.15, 0.2) is 27.8 Å². The van der Waals surface area contributed by atoms with Crippen LogP contribution >= 0.6 is 15.9 Å². The van der Waals surface area contributed by atoms with Gasteiger partial charge in [0.1, 0.15) is 0 Å². The van der Waals surface area contributed by atoms with E-state index in [0.717, 1.165) is 16.7 Å². The molecule has 0 unspecified atom stereocenters. The molecule has 100 valence electrons. The molecule has 18 heavy (non-hydrogen) atoms. The van der Waals surface area contributed by atoms with Crippen LogP contribution in [0.1, 0.15) is 31.7 Å². The summed E-state index contributed by atoms with van der Waals surface area (Å²) in [6.45, 7) is 3.23. The Kier molecular flexibility index (Phi) is 5.98. The molecule has 0 spiro atoms. The zero-order chi connectivity index (χ0) is 13.5. The van der Waals surface area contributed by atoms with Gasteiger partial charge in [0, 0.05) is 29.3 Å². The van der Waals surface area contributed by atoms with E-state index in [9.17, 15) is 0 Å². The van der Waals surface area contributed by atoms with Crippen LogP contribution in [0, 0.1) is 0 Å². The van der Waals surface area contributed by atoms with E-state index in [1.165, 1.54) is 19.3 Å². The second-order valence-electron chi connectivity index (χ2n) is 4.28. The molecule has 0 bridgehead atoms. The molecule has 0 aliphatic carbocycles. The number of nitrogens with zero attached hydrogens (tertiary/aromatic N) is 2. The standard InChI is InChI=1S/C13H20BrN3O/c1-3-4-5-8-17(2)10-6-7-11(12(14)9-10)13(15)16-18/h6-7,9,18H,3-5,8H2,1-2H3,(H2,15,16). The average Bonchev–Trinajstić information content (AvgIpc) is 2.38. The molecule has 1 rings (SSSR count). The number of rotatable bonds is 6. The second-order valence-corrected chi connectivity index (χ2v) is 5.13. The second kappa shape index (κ2) is 7.26. The van der Waals surface area contributed by atoms with Gasteiger partial charge in [0.2, 0.25) is 0 Å². The fourth-order valence-electron chi connectivity index (χ4n) is 1.73. The summed E-state index contributed by atoms with van der Waals surface area (Å²) >= 11 is 3.44. The Balaban J connectivity index is 2.77. The Hall–Kier alpha value is -1.23. The van der Waals surface area contributed by atoms with Crippen molar-refractivity contribution in [3.63, 3.8) is 0 Å². The number of nitrogens with two attached hydrogens (primary N) is 1. The van der Waals surface area contributed by atoms with Crippen molar-refractivity contribution in [2.24, 2.45) is 10.9 Å². The van der Waals surface area contributed by atoms with Crippen molar-refractivity contribution < 1.29 is 5.21 Å². The van der Waals surface area contributed by atoms with Crippen molar-refractivity contribution >= 4 is 27.5 Å². The van der Waals surface area contributed by atoms with Crippen molar-refractivity contribution in [1.82, 2.24) is 0 Å². The molecule has 1 aromatic carbocycles. The Bertz CT molecular complexity index is 421. The van der Waals surface area contributed by atoms with Crippen LogP contribution in [-0.4, -0.2) is 24.6 Å². The van der Waals surface area contributed by atoms with Crippen LogP contribution in [0.2, 0.25) is 0 Å². The van der Waals surface area contributed by atoms with Crippen LogP contribution in [-0.2, 0) is 0 Å². The predicted octanol–water partition coefficient (Wildman–Crippen LogP) is 3.17. The van der Waals surface area contributed by atoms with E-state index in [-0.39, 0.29) is 5.84 Å². The van der Waals surface area contributed by atoms with Crippen molar-refractivity contribution in [1.29, 1.82) is 0 Å². The summed E-state index contributed by atoms with van der Waals surface area (Å²) in [5, 5.41) is 11.7. The van der Waals surface area contributed by atoms with Gasteiger partial charge in [0.15, 0.2) is 5.84 Å². The number of unbranched alkanes of at least 4 members (excludes halogenated alkanes) is 2. The van der Waals surface area contributed by atoms with Crippen LogP contribution in [0.4, 0.5) is 5.69 Å². The molecule has 0 heterocycles. The summed E-state index contributed by atoms with van der Waals surface area (Å²) in [5.74, 6) is 0.113. The van der Waals surface area contributed by atoms with E-state index in [1.807, 2.05) is 18.2 Å². The smallest absolute Gasteiger partial charge is 0.171 e. The minimum Gasteiger partial charge on any atom is -0.409 e. The highest BCUT2D eigenvalue weighted by atomic mass is 79.9. The SMILES string of the molecule is CCCCCN(C)c1ccc(/C(N)=N/O)c(Br)c1. The molecule has 1 aromatic rings. The quantitative estimate of drug-likeness (QED) is 0.279. The Labute approximate surface area is 117 Å². The third kappa shape index (κ3) is 3.91. The summed E-state index contributed by atoms with van der Waals surface area (Å²) in [6, 6.07) is 5.81. The lowest BCUT2D eigenvalue weighted by atomic mass is 10.1. The minimum atomic E-state index is 0.113. The minimum absolute atomic E-state index is 0.113. The number of hydrogen-bond donors (Lipinski definition) is 2. The topological polar surface area (TPSA) is 61.8 Å². The normalized spacial score (nSPS) is 11.6. The third-order valence-electron chi connectivity index (χ3n) is 2.87. The average molecular weight is 314 g/mol. The molecule has 0 aliphatic heterocycles. The van der Waals surface area contributed by atoms with Gasteiger partial charge in [0.05, 0.1) is 0 Å². The Morgan fingerprint density at radius 2 is 2.17 bits per heavy atom. The first-order chi connectivity index (χ1) is 8.60. The van der Waals surface area contributed by atoms with Gasteiger partial charge in [-0.3, -0.25) is 0 Å². The molecule has 4 nitrogen and oxygen atoms in total. The van der Waals surface area contributed by atoms with Crippen molar-refractivity contribution in [3.05, 3.63) is 28.2 Å². The van der Waals surface area contributed by atoms with Crippen LogP contribution in [0.3, 0.4) is 0 Å². The molecule has 0 saturated carbocycles. The molecule has 5 heteroatoms. The van der Waals surface area contributed by atoms with E-state index in [2.05, 4.69) is 40.0 Å². The van der Waals surface area contributed by atoms with Gasteiger partial charge in [-0.15, -0.1) is 0 Å². The predicted molar refractivity (Wildman–Crippen MR) is 79.4 cm³/mol. The number of anilines is 1. The van der Waals surface area contributed by atoms with Gasteiger partial charge >= 0.3 is 0 Å². The first-order valence-corrected chi connectivity index (χ1v) is 6.88. The monoisotopic (exact) mass is 313 g/mol. The highest BCUT2D eigenvalue weighted by Crippen LogP contribution is 2.23. The summed E-state index contributed by atoms with van der Waals surface area (Å²) in [6.07, 6.45) is 3.65. The zero-order valence-corrected chi connectivity index (χ0v) is 12.4. The third-order valence-corrected chi connectivity index (χ3v) is 3.53. The Morgan fingerprint density at radius 3 is 2.72 bits per heavy atom. The summed E-state index contributed by atoms with van der Waals surface area (Å²) in [5.41, 5.74) is 7.39. The maximum absolute atomic E-state index is 8.67. The molecule has 0 amide bonds. The van der Waals surface area contributed by atoms with Gasteiger partial charge in [-0.1, -0.05) is 24.9 Å². The van der Waals surface area contributed by atoms with E-state index in [4.69, 9.17) is 10.9 Å². The van der Waals surface area contributed by atoms with E-state index in [1.54, 1.807) is 0 Å². The lowest BCUT2D eigenvalue weighted by Crippen LogP contribution is -2.19. The largest absolute Gasteiger partial charge is 0.409 e. The van der Waals surface area contributed by atoms with Gasteiger partial charge in [-0.25, -0.2) is 0 Å². The molecule has 0 aliphatic rings. The molecule has 0 radical (unpaired) electrons. The molecule has 0 fully saturated rings. The number of benzene rings is 1. The van der Waals surface area contributed by atoms with Crippen LogP contribution < -0.4 is 10.6 Å². The molecule has 0 atom stereocenters. The van der Waals surface area contributed by atoms with Gasteiger partial charge in [0.25, 0.3) is 0 Å². The van der Waals surface area contributed by atoms with E-state index >= 15 is 0 Å². The molecular formula is C13H20BrN3O. The van der Waals surface area contributed by atoms with Gasteiger partial charge < -0.3 is 15.8 Å². The number of hydrogen-bond acceptors (Lipinski definition) is 3. The molecular weight excluding hydrogens is 294 g/mol. The van der Waals surface area contributed by atoms with E-state index in [0.29, 0.717) is 5.56 Å². The Morgan fingerprint density at radius 1 is 1.44 bits per heavy atom. The van der Waals surface area contributed by atoms with Gasteiger partial charge in [-0.05, 0) is 40.5 Å². The van der Waals surface area contributed by atoms with Crippen LogP contribution in [0.5, 0.6) is 0 Å². The van der Waals surface area contributed by atoms with Crippen molar-refractivity contribution in [2.75, 3.05) is 18.5 Å². The number of halogens is 1. The highest BCUT2D eigenvalue weighted by Gasteiger charge is 2.08. The summed E-state index contributed by atoms with van der Waals surface area (Å²) < 4.78 is 0.831. The summed E-state index contributed by atoms with van der Waals surface area (Å²) in [4.78, 5) is 2.20. The van der Waals surface area contributed by atoms with E-state index < -0.39 is 0 Å². The maximum Gasteiger partial charge on any atom is 0.171 e.